The van der Waals surface area contributed by atoms with Crippen LogP contribution >= 0.6 is 0 Å². The number of hydrogen-bond acceptors (Lipinski definition) is 2. The summed E-state index contributed by atoms with van der Waals surface area (Å²) < 4.78 is 1.39. The fraction of sp³-hybridized carbons (Fsp3) is 0.111. The molecule has 1 N–H and O–H groups in total. The second-order valence-electron chi connectivity index (χ2n) is 2.47. The van der Waals surface area contributed by atoms with Gasteiger partial charge in [0, 0.05) is 6.20 Å². The van der Waals surface area contributed by atoms with Crippen molar-refractivity contribution in [1.29, 1.82) is 0 Å². The van der Waals surface area contributed by atoms with Crippen LogP contribution in [0.5, 0.6) is 0 Å². The minimum atomic E-state index is -1.02. The van der Waals surface area contributed by atoms with E-state index in [9.17, 15) is 4.79 Å². The molecule has 0 spiro atoms. The Bertz CT molecular complexity index is 377. The summed E-state index contributed by atoms with van der Waals surface area (Å²) in [7, 11) is 0. The van der Waals surface area contributed by atoms with Gasteiger partial charge in [0.1, 0.15) is 5.82 Å². The first-order valence-corrected chi connectivity index (χ1v) is 3.69. The van der Waals surface area contributed by atoms with E-state index < -0.39 is 5.97 Å². The molecule has 0 atom stereocenters. The summed E-state index contributed by atoms with van der Waals surface area (Å²) in [6, 6.07) is 0. The second-order valence-corrected chi connectivity index (χ2v) is 2.47. The van der Waals surface area contributed by atoms with Gasteiger partial charge in [-0.15, -0.1) is 0 Å². The summed E-state index contributed by atoms with van der Waals surface area (Å²) in [4.78, 5) is 14.8. The summed E-state index contributed by atoms with van der Waals surface area (Å²) >= 11 is 0. The van der Waals surface area contributed by atoms with Crippen molar-refractivity contribution in [2.75, 3.05) is 0 Å². The molecular formula is C9H10N2O2. The Morgan fingerprint density at radius 2 is 2.23 bits per heavy atom. The quantitative estimate of drug-likeness (QED) is 0.765. The lowest BCUT2D eigenvalue weighted by atomic mass is 10.3. The third kappa shape index (κ3) is 1.38. The van der Waals surface area contributed by atoms with Gasteiger partial charge in [-0.2, -0.15) is 0 Å². The van der Waals surface area contributed by atoms with Crippen molar-refractivity contribution in [3.63, 3.8) is 0 Å². The lowest BCUT2D eigenvalue weighted by molar-refractivity contribution is 0.0688. The Kier molecular flexibility index (Phi) is 2.32. The molecular weight excluding hydrogens is 168 g/mol. The van der Waals surface area contributed by atoms with Gasteiger partial charge in [0.25, 0.3) is 0 Å². The van der Waals surface area contributed by atoms with Gasteiger partial charge in [0.2, 0.25) is 0 Å². The largest absolute Gasteiger partial charge is 0.477 e. The number of carbonyl (C=O) groups is 1. The molecule has 4 nitrogen and oxygen atoms in total. The van der Waals surface area contributed by atoms with Crippen molar-refractivity contribution in [3.8, 4) is 0 Å². The molecule has 0 aliphatic rings. The number of aromatic carboxylic acids is 1. The highest BCUT2D eigenvalue weighted by molar-refractivity contribution is 5.88. The molecule has 0 saturated heterocycles. The minimum Gasteiger partial charge on any atom is -0.477 e. The van der Waals surface area contributed by atoms with E-state index in [0.717, 1.165) is 0 Å². The van der Waals surface area contributed by atoms with Gasteiger partial charge in [-0.1, -0.05) is 13.2 Å². The van der Waals surface area contributed by atoms with E-state index in [0.29, 0.717) is 11.5 Å². The van der Waals surface area contributed by atoms with Crippen molar-refractivity contribution in [2.24, 2.45) is 0 Å². The molecule has 0 amide bonds. The lowest BCUT2D eigenvalue weighted by Gasteiger charge is -1.99. The highest BCUT2D eigenvalue weighted by Gasteiger charge is 2.16. The normalized spacial score (nSPS) is 9.62. The summed E-state index contributed by atoms with van der Waals surface area (Å²) in [5.41, 5.74) is 0.590. The van der Waals surface area contributed by atoms with Gasteiger partial charge in [0.05, 0.1) is 5.69 Å². The standard InChI is InChI=1S/C9H10N2O2/c1-4-7-10-6(3)8(9(12)13)11(7)5-2/h4-5H,1-2H2,3H3,(H,12,13). The Labute approximate surface area is 75.8 Å². The van der Waals surface area contributed by atoms with Crippen LogP contribution in [0.2, 0.25) is 0 Å². The van der Waals surface area contributed by atoms with E-state index in [2.05, 4.69) is 18.1 Å². The van der Waals surface area contributed by atoms with Crippen LogP contribution in [0.3, 0.4) is 0 Å². The Morgan fingerprint density at radius 3 is 2.62 bits per heavy atom. The molecule has 1 aromatic heterocycles. The van der Waals surface area contributed by atoms with E-state index >= 15 is 0 Å². The number of carboxylic acids is 1. The number of nitrogens with zero attached hydrogens (tertiary/aromatic N) is 2. The van der Waals surface area contributed by atoms with Gasteiger partial charge in [-0.3, -0.25) is 4.57 Å². The molecule has 1 heterocycles. The second kappa shape index (κ2) is 3.26. The monoisotopic (exact) mass is 178 g/mol. The van der Waals surface area contributed by atoms with E-state index in [1.165, 1.54) is 16.8 Å². The van der Waals surface area contributed by atoms with Gasteiger partial charge >= 0.3 is 5.97 Å². The number of rotatable bonds is 3. The van der Waals surface area contributed by atoms with Crippen molar-refractivity contribution in [3.05, 3.63) is 30.4 Å². The number of aromatic nitrogens is 2. The number of aryl methyl sites for hydroxylation is 1. The van der Waals surface area contributed by atoms with E-state index in [1.54, 1.807) is 6.92 Å². The molecule has 1 rings (SSSR count). The first kappa shape index (κ1) is 9.25. The van der Waals surface area contributed by atoms with Crippen molar-refractivity contribution in [2.45, 2.75) is 6.92 Å². The van der Waals surface area contributed by atoms with Crippen LogP contribution in [-0.4, -0.2) is 20.6 Å². The highest BCUT2D eigenvalue weighted by atomic mass is 16.4. The Balaban J connectivity index is 3.48. The van der Waals surface area contributed by atoms with E-state index in [-0.39, 0.29) is 5.69 Å². The minimum absolute atomic E-state index is 0.130. The summed E-state index contributed by atoms with van der Waals surface area (Å²) in [5, 5.41) is 8.84. The highest BCUT2D eigenvalue weighted by Crippen LogP contribution is 2.12. The van der Waals surface area contributed by atoms with Gasteiger partial charge in [0.15, 0.2) is 5.69 Å². The zero-order valence-electron chi connectivity index (χ0n) is 7.32. The zero-order chi connectivity index (χ0) is 10.0. The van der Waals surface area contributed by atoms with Crippen LogP contribution in [0.15, 0.2) is 13.2 Å². The fourth-order valence-electron chi connectivity index (χ4n) is 1.15. The van der Waals surface area contributed by atoms with Crippen molar-refractivity contribution in [1.82, 2.24) is 9.55 Å². The molecule has 0 radical (unpaired) electrons. The van der Waals surface area contributed by atoms with Crippen LogP contribution in [0, 0.1) is 6.92 Å². The molecule has 0 saturated carbocycles. The van der Waals surface area contributed by atoms with Gasteiger partial charge in [-0.05, 0) is 13.0 Å². The molecule has 4 heteroatoms. The van der Waals surface area contributed by atoms with E-state index in [1.807, 2.05) is 0 Å². The Hall–Kier alpha value is -1.84. The average molecular weight is 178 g/mol. The number of hydrogen-bond donors (Lipinski definition) is 1. The molecule has 0 unspecified atom stereocenters. The molecule has 0 aliphatic carbocycles. The van der Waals surface area contributed by atoms with Gasteiger partial charge < -0.3 is 5.11 Å². The fourth-order valence-corrected chi connectivity index (χ4v) is 1.15. The maximum absolute atomic E-state index is 10.8. The third-order valence-corrected chi connectivity index (χ3v) is 1.68. The topological polar surface area (TPSA) is 55.1 Å². The smallest absolute Gasteiger partial charge is 0.354 e. The van der Waals surface area contributed by atoms with Gasteiger partial charge in [-0.25, -0.2) is 9.78 Å². The lowest BCUT2D eigenvalue weighted by Crippen LogP contribution is -2.05. The third-order valence-electron chi connectivity index (χ3n) is 1.68. The van der Waals surface area contributed by atoms with E-state index in [4.69, 9.17) is 5.11 Å². The van der Waals surface area contributed by atoms with Crippen LogP contribution in [0.1, 0.15) is 22.0 Å². The predicted octanol–water partition coefficient (Wildman–Crippen LogP) is 1.63. The first-order chi connectivity index (χ1) is 6.11. The summed E-state index contributed by atoms with van der Waals surface area (Å²) in [6.45, 7) is 8.67. The maximum atomic E-state index is 10.8. The Morgan fingerprint density at radius 1 is 1.62 bits per heavy atom. The average Bonchev–Trinajstić information content (AvgIpc) is 2.41. The summed E-state index contributed by atoms with van der Waals surface area (Å²) in [5.74, 6) is -0.525. The molecule has 0 aromatic carbocycles. The number of carboxylic acid groups (broad SMARTS) is 1. The van der Waals surface area contributed by atoms with Crippen LogP contribution < -0.4 is 0 Å². The SMILES string of the molecule is C=Cc1nc(C)c(C(=O)O)n1C=C. The molecule has 1 aromatic rings. The molecule has 0 bridgehead atoms. The molecule has 0 aliphatic heterocycles. The first-order valence-electron chi connectivity index (χ1n) is 3.69. The molecule has 0 fully saturated rings. The van der Waals surface area contributed by atoms with Crippen molar-refractivity contribution < 1.29 is 9.90 Å². The maximum Gasteiger partial charge on any atom is 0.354 e. The molecule has 13 heavy (non-hydrogen) atoms. The van der Waals surface area contributed by atoms with Crippen LogP contribution in [-0.2, 0) is 0 Å². The molecule has 68 valence electrons. The van der Waals surface area contributed by atoms with Crippen LogP contribution in [0.4, 0.5) is 0 Å². The number of imidazole rings is 1. The summed E-state index contributed by atoms with van der Waals surface area (Å²) in [6.07, 6.45) is 2.89. The predicted molar refractivity (Wildman–Crippen MR) is 50.4 cm³/mol. The van der Waals surface area contributed by atoms with Crippen molar-refractivity contribution >= 4 is 18.2 Å². The zero-order valence-corrected chi connectivity index (χ0v) is 7.32. The van der Waals surface area contributed by atoms with Crippen LogP contribution in [0.25, 0.3) is 12.3 Å².